The second kappa shape index (κ2) is 5.34. The van der Waals surface area contributed by atoms with Gasteiger partial charge in [-0.3, -0.25) is 9.78 Å². The summed E-state index contributed by atoms with van der Waals surface area (Å²) in [4.78, 5) is 15.4. The Morgan fingerprint density at radius 2 is 2.43 bits per heavy atom. The Kier molecular flexibility index (Phi) is 4.07. The van der Waals surface area contributed by atoms with Crippen molar-refractivity contribution in [2.75, 3.05) is 6.54 Å². The van der Waals surface area contributed by atoms with Crippen LogP contribution in [0.3, 0.4) is 0 Å². The highest BCUT2D eigenvalue weighted by Crippen LogP contribution is 1.93. The number of hydrogen-bond acceptors (Lipinski definition) is 3. The lowest BCUT2D eigenvalue weighted by molar-refractivity contribution is 0.0946. The predicted molar refractivity (Wildman–Crippen MR) is 54.8 cm³/mol. The molecule has 4 nitrogen and oxygen atoms in total. The second-order valence-electron chi connectivity index (χ2n) is 3.09. The lowest BCUT2D eigenvalue weighted by Crippen LogP contribution is -2.36. The summed E-state index contributed by atoms with van der Waals surface area (Å²) in [5.74, 6) is -0.172. The van der Waals surface area contributed by atoms with Crippen molar-refractivity contribution in [3.63, 3.8) is 0 Å². The van der Waals surface area contributed by atoms with Crippen molar-refractivity contribution in [3.8, 4) is 0 Å². The first-order valence-corrected chi connectivity index (χ1v) is 4.69. The first kappa shape index (κ1) is 10.7. The summed E-state index contributed by atoms with van der Waals surface area (Å²) < 4.78 is 0. The SMILES string of the molecule is CCC(N)CNC(=O)c1ccccn1. The second-order valence-corrected chi connectivity index (χ2v) is 3.09. The van der Waals surface area contributed by atoms with Crippen molar-refractivity contribution in [3.05, 3.63) is 30.1 Å². The van der Waals surface area contributed by atoms with Crippen LogP contribution in [0.25, 0.3) is 0 Å². The summed E-state index contributed by atoms with van der Waals surface area (Å²) in [6.45, 7) is 2.48. The monoisotopic (exact) mass is 193 g/mol. The third-order valence-corrected chi connectivity index (χ3v) is 1.95. The van der Waals surface area contributed by atoms with Crippen LogP contribution in [0.4, 0.5) is 0 Å². The first-order chi connectivity index (χ1) is 6.74. The number of nitrogens with one attached hydrogen (secondary N) is 1. The molecule has 0 aliphatic rings. The molecule has 1 atom stereocenters. The number of hydrogen-bond donors (Lipinski definition) is 2. The molecule has 1 aromatic rings. The fourth-order valence-corrected chi connectivity index (χ4v) is 0.956. The molecule has 1 unspecified atom stereocenters. The van der Waals surface area contributed by atoms with Crippen molar-refractivity contribution >= 4 is 5.91 Å². The van der Waals surface area contributed by atoms with E-state index in [1.807, 2.05) is 6.92 Å². The highest BCUT2D eigenvalue weighted by atomic mass is 16.1. The van der Waals surface area contributed by atoms with E-state index in [1.54, 1.807) is 24.4 Å². The zero-order chi connectivity index (χ0) is 10.4. The molecule has 0 bridgehead atoms. The van der Waals surface area contributed by atoms with Crippen molar-refractivity contribution in [1.29, 1.82) is 0 Å². The molecule has 1 amide bonds. The predicted octanol–water partition coefficient (Wildman–Crippen LogP) is 0.549. The van der Waals surface area contributed by atoms with Crippen LogP contribution in [0.1, 0.15) is 23.8 Å². The number of nitrogens with zero attached hydrogens (tertiary/aromatic N) is 1. The maximum absolute atomic E-state index is 11.4. The lowest BCUT2D eigenvalue weighted by Gasteiger charge is -2.09. The molecule has 0 aliphatic heterocycles. The van der Waals surface area contributed by atoms with Gasteiger partial charge in [-0.2, -0.15) is 0 Å². The fraction of sp³-hybridized carbons (Fsp3) is 0.400. The third-order valence-electron chi connectivity index (χ3n) is 1.95. The van der Waals surface area contributed by atoms with Gasteiger partial charge in [-0.05, 0) is 18.6 Å². The van der Waals surface area contributed by atoms with Crippen LogP contribution in [-0.4, -0.2) is 23.5 Å². The Morgan fingerprint density at radius 3 is 3.00 bits per heavy atom. The molecule has 0 fully saturated rings. The Morgan fingerprint density at radius 1 is 1.64 bits per heavy atom. The Bertz CT molecular complexity index is 287. The zero-order valence-electron chi connectivity index (χ0n) is 8.23. The lowest BCUT2D eigenvalue weighted by atomic mass is 10.2. The Balaban J connectivity index is 2.44. The van der Waals surface area contributed by atoms with E-state index in [-0.39, 0.29) is 11.9 Å². The molecule has 0 saturated carbocycles. The largest absolute Gasteiger partial charge is 0.349 e. The van der Waals surface area contributed by atoms with Crippen LogP contribution in [0, 0.1) is 0 Å². The minimum Gasteiger partial charge on any atom is -0.349 e. The molecule has 1 aromatic heterocycles. The topological polar surface area (TPSA) is 68.0 Å². The third kappa shape index (κ3) is 3.14. The van der Waals surface area contributed by atoms with Gasteiger partial charge in [-0.25, -0.2) is 0 Å². The maximum atomic E-state index is 11.4. The molecule has 1 rings (SSSR count). The van der Waals surface area contributed by atoms with Crippen molar-refractivity contribution in [2.24, 2.45) is 5.73 Å². The number of nitrogens with two attached hydrogens (primary N) is 1. The molecule has 0 saturated heterocycles. The van der Waals surface area contributed by atoms with Gasteiger partial charge < -0.3 is 11.1 Å². The number of rotatable bonds is 4. The molecule has 1 heterocycles. The highest BCUT2D eigenvalue weighted by Gasteiger charge is 2.06. The van der Waals surface area contributed by atoms with Crippen LogP contribution in [0.2, 0.25) is 0 Å². The fourth-order valence-electron chi connectivity index (χ4n) is 0.956. The molecule has 3 N–H and O–H groups in total. The summed E-state index contributed by atoms with van der Waals surface area (Å²) in [5.41, 5.74) is 6.09. The molecule has 0 radical (unpaired) electrons. The van der Waals surface area contributed by atoms with E-state index >= 15 is 0 Å². The van der Waals surface area contributed by atoms with Gasteiger partial charge >= 0.3 is 0 Å². The quantitative estimate of drug-likeness (QED) is 0.733. The van der Waals surface area contributed by atoms with Crippen LogP contribution in [-0.2, 0) is 0 Å². The van der Waals surface area contributed by atoms with E-state index in [2.05, 4.69) is 10.3 Å². The smallest absolute Gasteiger partial charge is 0.269 e. The van der Waals surface area contributed by atoms with Crippen molar-refractivity contribution in [2.45, 2.75) is 19.4 Å². The molecule has 76 valence electrons. The van der Waals surface area contributed by atoms with Gasteiger partial charge in [0.25, 0.3) is 5.91 Å². The maximum Gasteiger partial charge on any atom is 0.269 e. The van der Waals surface area contributed by atoms with Crippen LogP contribution < -0.4 is 11.1 Å². The molecule has 0 spiro atoms. The average Bonchev–Trinajstić information content (AvgIpc) is 2.26. The van der Waals surface area contributed by atoms with E-state index in [4.69, 9.17) is 5.73 Å². The van der Waals surface area contributed by atoms with E-state index in [0.29, 0.717) is 12.2 Å². The summed E-state index contributed by atoms with van der Waals surface area (Å²) >= 11 is 0. The summed E-state index contributed by atoms with van der Waals surface area (Å²) in [7, 11) is 0. The summed E-state index contributed by atoms with van der Waals surface area (Å²) in [6.07, 6.45) is 2.44. The summed E-state index contributed by atoms with van der Waals surface area (Å²) in [5, 5.41) is 2.72. The minimum absolute atomic E-state index is 0.0164. The van der Waals surface area contributed by atoms with E-state index in [9.17, 15) is 4.79 Å². The van der Waals surface area contributed by atoms with Gasteiger partial charge in [-0.1, -0.05) is 13.0 Å². The number of amides is 1. The number of carbonyl (C=O) groups is 1. The van der Waals surface area contributed by atoms with Gasteiger partial charge in [0.05, 0.1) is 0 Å². The van der Waals surface area contributed by atoms with Crippen LogP contribution >= 0.6 is 0 Å². The number of aromatic nitrogens is 1. The Hall–Kier alpha value is -1.42. The van der Waals surface area contributed by atoms with Gasteiger partial charge in [-0.15, -0.1) is 0 Å². The van der Waals surface area contributed by atoms with Gasteiger partial charge in [0, 0.05) is 18.8 Å². The molecule has 0 aromatic carbocycles. The highest BCUT2D eigenvalue weighted by molar-refractivity contribution is 5.92. The van der Waals surface area contributed by atoms with E-state index in [0.717, 1.165) is 6.42 Å². The van der Waals surface area contributed by atoms with Gasteiger partial charge in [0.2, 0.25) is 0 Å². The number of pyridine rings is 1. The van der Waals surface area contributed by atoms with E-state index < -0.39 is 0 Å². The standard InChI is InChI=1S/C10H15N3O/c1-2-8(11)7-13-10(14)9-5-3-4-6-12-9/h3-6,8H,2,7,11H2,1H3,(H,13,14). The minimum atomic E-state index is -0.172. The van der Waals surface area contributed by atoms with Gasteiger partial charge in [0.15, 0.2) is 0 Å². The normalized spacial score (nSPS) is 12.1. The molecular formula is C10H15N3O. The Labute approximate surface area is 83.5 Å². The molecule has 0 aliphatic carbocycles. The zero-order valence-corrected chi connectivity index (χ0v) is 8.23. The van der Waals surface area contributed by atoms with Crippen molar-refractivity contribution in [1.82, 2.24) is 10.3 Å². The average molecular weight is 193 g/mol. The first-order valence-electron chi connectivity index (χ1n) is 4.69. The van der Waals surface area contributed by atoms with E-state index in [1.165, 1.54) is 0 Å². The van der Waals surface area contributed by atoms with Crippen molar-refractivity contribution < 1.29 is 4.79 Å². The molecular weight excluding hydrogens is 178 g/mol. The van der Waals surface area contributed by atoms with Gasteiger partial charge in [0.1, 0.15) is 5.69 Å². The van der Waals surface area contributed by atoms with Crippen LogP contribution in [0.5, 0.6) is 0 Å². The number of carbonyl (C=O) groups excluding carboxylic acids is 1. The van der Waals surface area contributed by atoms with Crippen LogP contribution in [0.15, 0.2) is 24.4 Å². The molecule has 4 heteroatoms. The summed E-state index contributed by atoms with van der Waals surface area (Å²) in [6, 6.07) is 5.24. The molecule has 14 heavy (non-hydrogen) atoms.